The van der Waals surface area contributed by atoms with Crippen molar-refractivity contribution in [3.8, 4) is 5.75 Å². The highest BCUT2D eigenvalue weighted by molar-refractivity contribution is 6.31. The van der Waals surface area contributed by atoms with Gasteiger partial charge in [-0.2, -0.15) is 0 Å². The molecule has 0 unspecified atom stereocenters. The molecule has 1 N–H and O–H groups in total. The number of hydrogen-bond acceptors (Lipinski definition) is 7. The van der Waals surface area contributed by atoms with Crippen LogP contribution in [0.3, 0.4) is 0 Å². The molecule has 0 bridgehead atoms. The average molecular weight is 419 g/mol. The van der Waals surface area contributed by atoms with Gasteiger partial charge in [0.1, 0.15) is 18.1 Å². The molecule has 0 radical (unpaired) electrons. The Bertz CT molecular complexity index is 831. The van der Waals surface area contributed by atoms with Crippen molar-refractivity contribution in [1.29, 1.82) is 0 Å². The lowest BCUT2D eigenvalue weighted by molar-refractivity contribution is -0.177. The standard InChI is InChI=1S/C21H27ClN4O3/c1-3-17-19(22)18(13-27-16-5-4-14(2)23-12-16)26-20(25-17)24-15-6-8-21(9-7-15)28-10-11-29-21/h4-5,12,15H,3,6-11,13H2,1-2H3,(H,24,25,26). The van der Waals surface area contributed by atoms with Crippen molar-refractivity contribution in [2.45, 2.75) is 64.4 Å². The molecule has 0 atom stereocenters. The number of hydrogen-bond donors (Lipinski definition) is 1. The van der Waals surface area contributed by atoms with Crippen molar-refractivity contribution >= 4 is 17.5 Å². The molecule has 2 aliphatic rings. The van der Waals surface area contributed by atoms with Crippen LogP contribution in [0.2, 0.25) is 5.02 Å². The van der Waals surface area contributed by atoms with E-state index in [0.717, 1.165) is 43.5 Å². The van der Waals surface area contributed by atoms with Crippen LogP contribution in [0, 0.1) is 6.92 Å². The summed E-state index contributed by atoms with van der Waals surface area (Å²) in [4.78, 5) is 13.5. The van der Waals surface area contributed by atoms with Crippen molar-refractivity contribution in [3.05, 3.63) is 40.4 Å². The summed E-state index contributed by atoms with van der Waals surface area (Å²) in [6, 6.07) is 4.09. The summed E-state index contributed by atoms with van der Waals surface area (Å²) in [5, 5.41) is 4.04. The molecule has 2 aromatic rings. The second-order valence-electron chi connectivity index (χ2n) is 7.56. The van der Waals surface area contributed by atoms with E-state index in [1.807, 2.05) is 26.0 Å². The lowest BCUT2D eigenvalue weighted by atomic mass is 9.90. The number of aryl methyl sites for hydroxylation is 2. The summed E-state index contributed by atoms with van der Waals surface area (Å²) >= 11 is 6.52. The van der Waals surface area contributed by atoms with Crippen molar-refractivity contribution < 1.29 is 14.2 Å². The van der Waals surface area contributed by atoms with Gasteiger partial charge in [-0.15, -0.1) is 0 Å². The zero-order valence-corrected chi connectivity index (χ0v) is 17.7. The summed E-state index contributed by atoms with van der Waals surface area (Å²) in [7, 11) is 0. The fourth-order valence-electron chi connectivity index (χ4n) is 3.80. The third-order valence-corrected chi connectivity index (χ3v) is 5.91. The highest BCUT2D eigenvalue weighted by atomic mass is 35.5. The molecule has 3 heterocycles. The van der Waals surface area contributed by atoms with Crippen molar-refractivity contribution in [3.63, 3.8) is 0 Å². The van der Waals surface area contributed by atoms with E-state index in [2.05, 4.69) is 20.3 Å². The monoisotopic (exact) mass is 418 g/mol. The average Bonchev–Trinajstić information content (AvgIpc) is 3.19. The zero-order valence-electron chi connectivity index (χ0n) is 16.9. The van der Waals surface area contributed by atoms with Crippen LogP contribution in [0.4, 0.5) is 5.95 Å². The van der Waals surface area contributed by atoms with Crippen LogP contribution in [0.1, 0.15) is 49.7 Å². The number of halogens is 1. The first-order valence-corrected chi connectivity index (χ1v) is 10.6. The van der Waals surface area contributed by atoms with Gasteiger partial charge in [0.2, 0.25) is 5.95 Å². The summed E-state index contributed by atoms with van der Waals surface area (Å²) in [6.45, 7) is 5.62. The van der Waals surface area contributed by atoms with E-state index in [1.165, 1.54) is 0 Å². The first-order valence-electron chi connectivity index (χ1n) is 10.2. The molecule has 1 saturated heterocycles. The minimum absolute atomic E-state index is 0.267. The number of nitrogens with zero attached hydrogens (tertiary/aromatic N) is 3. The molecular weight excluding hydrogens is 392 g/mol. The third-order valence-electron chi connectivity index (χ3n) is 5.48. The molecule has 2 aromatic heterocycles. The SMILES string of the molecule is CCc1nc(NC2CCC3(CC2)OCCO3)nc(COc2ccc(C)nc2)c1Cl. The molecule has 2 fully saturated rings. The van der Waals surface area contributed by atoms with Crippen molar-refractivity contribution in [2.24, 2.45) is 0 Å². The van der Waals surface area contributed by atoms with Gasteiger partial charge in [-0.1, -0.05) is 18.5 Å². The van der Waals surface area contributed by atoms with E-state index in [-0.39, 0.29) is 18.4 Å². The van der Waals surface area contributed by atoms with Gasteiger partial charge in [0.05, 0.1) is 30.1 Å². The van der Waals surface area contributed by atoms with Crippen LogP contribution >= 0.6 is 11.6 Å². The first kappa shape index (κ1) is 20.3. The summed E-state index contributed by atoms with van der Waals surface area (Å²) < 4.78 is 17.5. The number of ether oxygens (including phenoxy) is 3. The van der Waals surface area contributed by atoms with Gasteiger partial charge >= 0.3 is 0 Å². The lowest BCUT2D eigenvalue weighted by Gasteiger charge is -2.35. The lowest BCUT2D eigenvalue weighted by Crippen LogP contribution is -2.39. The molecule has 1 saturated carbocycles. The molecule has 0 aromatic carbocycles. The van der Waals surface area contributed by atoms with Crippen LogP contribution in [-0.4, -0.2) is 40.0 Å². The van der Waals surface area contributed by atoms with Crippen LogP contribution in [-0.2, 0) is 22.5 Å². The Hall–Kier alpha value is -1.96. The Morgan fingerprint density at radius 2 is 1.90 bits per heavy atom. The normalized spacial score (nSPS) is 18.9. The van der Waals surface area contributed by atoms with Gasteiger partial charge in [0.15, 0.2) is 5.79 Å². The minimum Gasteiger partial charge on any atom is -0.486 e. The molecule has 1 aliphatic carbocycles. The number of aromatic nitrogens is 3. The van der Waals surface area contributed by atoms with Gasteiger partial charge in [-0.3, -0.25) is 4.98 Å². The fraction of sp³-hybridized carbons (Fsp3) is 0.571. The van der Waals surface area contributed by atoms with E-state index >= 15 is 0 Å². The fourth-order valence-corrected chi connectivity index (χ4v) is 4.07. The molecule has 1 spiro atoms. The van der Waals surface area contributed by atoms with E-state index in [0.29, 0.717) is 35.6 Å². The van der Waals surface area contributed by atoms with Gasteiger partial charge in [0.25, 0.3) is 0 Å². The van der Waals surface area contributed by atoms with Crippen molar-refractivity contribution in [1.82, 2.24) is 15.0 Å². The van der Waals surface area contributed by atoms with Crippen molar-refractivity contribution in [2.75, 3.05) is 18.5 Å². The number of rotatable bonds is 6. The maximum absolute atomic E-state index is 6.52. The highest BCUT2D eigenvalue weighted by Crippen LogP contribution is 2.36. The predicted octanol–water partition coefficient (Wildman–Crippen LogP) is 4.07. The van der Waals surface area contributed by atoms with Gasteiger partial charge in [-0.25, -0.2) is 9.97 Å². The van der Waals surface area contributed by atoms with E-state index in [1.54, 1.807) is 6.20 Å². The van der Waals surface area contributed by atoms with E-state index < -0.39 is 0 Å². The van der Waals surface area contributed by atoms with Crippen LogP contribution in [0.5, 0.6) is 5.75 Å². The third kappa shape index (κ3) is 4.79. The summed E-state index contributed by atoms with van der Waals surface area (Å²) in [5.41, 5.74) is 2.44. The van der Waals surface area contributed by atoms with Crippen LogP contribution in [0.25, 0.3) is 0 Å². The number of pyridine rings is 1. The second kappa shape index (κ2) is 8.81. The maximum Gasteiger partial charge on any atom is 0.223 e. The smallest absolute Gasteiger partial charge is 0.223 e. The molecule has 8 heteroatoms. The number of nitrogens with one attached hydrogen (secondary N) is 1. The Morgan fingerprint density at radius 3 is 2.55 bits per heavy atom. The van der Waals surface area contributed by atoms with Gasteiger partial charge in [0, 0.05) is 24.6 Å². The number of anilines is 1. The van der Waals surface area contributed by atoms with E-state index in [9.17, 15) is 0 Å². The summed E-state index contributed by atoms with van der Waals surface area (Å²) in [6.07, 6.45) is 6.10. The minimum atomic E-state index is -0.366. The molecule has 1 aliphatic heterocycles. The molecule has 29 heavy (non-hydrogen) atoms. The molecule has 0 amide bonds. The Labute approximate surface area is 176 Å². The largest absolute Gasteiger partial charge is 0.486 e. The summed E-state index contributed by atoms with van der Waals surface area (Å²) in [5.74, 6) is 0.919. The molecule has 4 rings (SSSR count). The second-order valence-corrected chi connectivity index (χ2v) is 7.94. The molecule has 156 valence electrons. The van der Waals surface area contributed by atoms with Gasteiger partial charge < -0.3 is 19.5 Å². The molecule has 7 nitrogen and oxygen atoms in total. The Morgan fingerprint density at radius 1 is 1.17 bits per heavy atom. The first-order chi connectivity index (χ1) is 14.1. The van der Waals surface area contributed by atoms with Crippen LogP contribution in [0.15, 0.2) is 18.3 Å². The topological polar surface area (TPSA) is 78.4 Å². The Balaban J connectivity index is 1.43. The maximum atomic E-state index is 6.52. The quantitative estimate of drug-likeness (QED) is 0.757. The highest BCUT2D eigenvalue weighted by Gasteiger charge is 2.40. The predicted molar refractivity (Wildman–Crippen MR) is 110 cm³/mol. The zero-order chi connectivity index (χ0) is 20.3. The van der Waals surface area contributed by atoms with E-state index in [4.69, 9.17) is 25.8 Å². The molecular formula is C21H27ClN4O3. The Kier molecular flexibility index (Phi) is 6.18. The van der Waals surface area contributed by atoms with Crippen LogP contribution < -0.4 is 10.1 Å². The van der Waals surface area contributed by atoms with Gasteiger partial charge in [-0.05, 0) is 38.3 Å².